The standard InChI is InChI=1S/C5H10.Al.FH.Li.H/c1-3-5-4-2;;;;/h1-5H2;;1H;;/q;+1;;+1;-1/p-1. The minimum absolute atomic E-state index is 0. The third-order valence-corrected chi connectivity index (χ3v) is 3.60. The molecule has 1 heterocycles. The maximum Gasteiger partial charge on any atom is 1.00 e. The van der Waals surface area contributed by atoms with Crippen LogP contribution in [-0.4, -0.2) is 14.6 Å². The molecule has 0 aliphatic carbocycles. The molecule has 0 N–H and O–H groups in total. The average Bonchev–Trinajstić information content (AvgIpc) is 1.69. The van der Waals surface area contributed by atoms with Gasteiger partial charge in [-0.15, -0.1) is 0 Å². The van der Waals surface area contributed by atoms with Crippen LogP contribution in [0, 0.1) is 0 Å². The summed E-state index contributed by atoms with van der Waals surface area (Å²) < 4.78 is 12.3. The summed E-state index contributed by atoms with van der Waals surface area (Å²) in [7, 11) is 0. The van der Waals surface area contributed by atoms with Crippen LogP contribution in [0.5, 0.6) is 0 Å². The van der Waals surface area contributed by atoms with E-state index in [1.54, 1.807) is 0 Å². The maximum absolute atomic E-state index is 12.3. The smallest absolute Gasteiger partial charge is 1.00 e. The van der Waals surface area contributed by atoms with Crippen LogP contribution in [0.15, 0.2) is 0 Å². The first-order chi connectivity index (χ1) is 3.39. The largest absolute Gasteiger partial charge is 1.00 e. The zero-order valence-corrected chi connectivity index (χ0v) is 6.65. The summed E-state index contributed by atoms with van der Waals surface area (Å²) >= 11 is -1.59. The van der Waals surface area contributed by atoms with Gasteiger partial charge in [0.2, 0.25) is 0 Å². The van der Waals surface area contributed by atoms with Crippen LogP contribution in [-0.2, 0) is 0 Å². The first kappa shape index (κ1) is 9.06. The molecule has 1 rings (SSSR count). The van der Waals surface area contributed by atoms with Gasteiger partial charge in [0.1, 0.15) is 0 Å². The van der Waals surface area contributed by atoms with Crippen LogP contribution in [0.3, 0.4) is 0 Å². The molecule has 0 saturated carbocycles. The van der Waals surface area contributed by atoms with Crippen LogP contribution in [0.25, 0.3) is 0 Å². The molecule has 8 heavy (non-hydrogen) atoms. The molecule has 42 valence electrons. The van der Waals surface area contributed by atoms with Crippen LogP contribution >= 0.6 is 0 Å². The first-order valence-corrected chi connectivity index (χ1v) is 5.10. The molecule has 0 aromatic carbocycles. The SMILES string of the molecule is [F][Al]1[CH2]CCC[CH2]1.[H-].[Li+]. The van der Waals surface area contributed by atoms with E-state index >= 15 is 0 Å². The molecule has 0 spiro atoms. The van der Waals surface area contributed by atoms with Crippen molar-refractivity contribution in [2.75, 3.05) is 0 Å². The third kappa shape index (κ3) is 3.16. The molecule has 0 amide bonds. The van der Waals surface area contributed by atoms with Gasteiger partial charge in [-0.05, 0) is 0 Å². The maximum atomic E-state index is 12.3. The van der Waals surface area contributed by atoms with E-state index in [0.717, 1.165) is 10.6 Å². The fourth-order valence-corrected chi connectivity index (χ4v) is 2.80. The van der Waals surface area contributed by atoms with Crippen molar-refractivity contribution in [2.24, 2.45) is 0 Å². The van der Waals surface area contributed by atoms with E-state index in [0.29, 0.717) is 0 Å². The van der Waals surface area contributed by atoms with Crippen molar-refractivity contribution in [3.8, 4) is 0 Å². The van der Waals surface area contributed by atoms with E-state index in [1.807, 2.05) is 0 Å². The molecule has 1 aliphatic heterocycles. The molecule has 0 radical (unpaired) electrons. The zero-order valence-electron chi connectivity index (χ0n) is 6.49. The van der Waals surface area contributed by atoms with Gasteiger partial charge in [-0.1, -0.05) is 29.8 Å². The normalized spacial score (nSPS) is 19.9. The van der Waals surface area contributed by atoms with Crippen molar-refractivity contribution in [3.05, 3.63) is 0 Å². The summed E-state index contributed by atoms with van der Waals surface area (Å²) in [5.41, 5.74) is 0. The Labute approximate surface area is 68.4 Å². The van der Waals surface area contributed by atoms with E-state index in [-0.39, 0.29) is 20.3 Å². The molecular weight excluding hydrogens is 113 g/mol. The number of hydrogen-bond acceptors (Lipinski definition) is 0. The van der Waals surface area contributed by atoms with Crippen molar-refractivity contribution in [2.45, 2.75) is 29.8 Å². The van der Waals surface area contributed by atoms with E-state index in [1.165, 1.54) is 19.3 Å². The van der Waals surface area contributed by atoms with E-state index in [4.69, 9.17) is 0 Å². The van der Waals surface area contributed by atoms with Crippen molar-refractivity contribution >= 4 is 14.6 Å². The fraction of sp³-hybridized carbons (Fsp3) is 1.00. The van der Waals surface area contributed by atoms with Gasteiger partial charge in [0, 0.05) is 0 Å². The summed E-state index contributed by atoms with van der Waals surface area (Å²) in [5, 5.41) is 1.92. The van der Waals surface area contributed by atoms with Crippen molar-refractivity contribution in [1.29, 1.82) is 0 Å². The summed E-state index contributed by atoms with van der Waals surface area (Å²) in [5.74, 6) is 0. The number of hydrogen-bond donors (Lipinski definition) is 0. The van der Waals surface area contributed by atoms with E-state index < -0.39 is 14.6 Å². The molecule has 1 saturated heterocycles. The molecule has 0 aromatic rings. The molecule has 1 aliphatic rings. The first-order valence-electron chi connectivity index (χ1n) is 3.03. The number of rotatable bonds is 0. The molecule has 0 unspecified atom stereocenters. The second-order valence-corrected chi connectivity index (χ2v) is 4.58. The van der Waals surface area contributed by atoms with Gasteiger partial charge in [0.25, 0.3) is 0 Å². The second kappa shape index (κ2) is 4.89. The molecule has 1 fully saturated rings. The van der Waals surface area contributed by atoms with E-state index in [9.17, 15) is 3.52 Å². The monoisotopic (exact) mass is 124 g/mol. The van der Waals surface area contributed by atoms with Crippen LogP contribution in [0.1, 0.15) is 20.7 Å². The Morgan fingerprint density at radius 2 is 1.62 bits per heavy atom. The summed E-state index contributed by atoms with van der Waals surface area (Å²) in [4.78, 5) is 0. The minimum Gasteiger partial charge on any atom is -1.00 e. The van der Waals surface area contributed by atoms with Crippen LogP contribution in [0.4, 0.5) is 3.52 Å². The summed E-state index contributed by atoms with van der Waals surface area (Å²) in [6.07, 6.45) is 3.63. The Hall–Kier alpha value is 1.06. The van der Waals surface area contributed by atoms with Crippen LogP contribution < -0.4 is 18.9 Å². The van der Waals surface area contributed by atoms with Crippen molar-refractivity contribution in [1.82, 2.24) is 0 Å². The Kier molecular flexibility index (Phi) is 5.54. The quantitative estimate of drug-likeness (QED) is 0.373. The molecule has 0 nitrogen and oxygen atoms in total. The van der Waals surface area contributed by atoms with Gasteiger partial charge < -0.3 is 4.95 Å². The Balaban J connectivity index is 0. The molecular formula is C5H11AlFLi. The van der Waals surface area contributed by atoms with Crippen molar-refractivity contribution < 1.29 is 23.8 Å². The van der Waals surface area contributed by atoms with Gasteiger partial charge >= 0.3 is 33.5 Å². The Morgan fingerprint density at radius 3 is 1.88 bits per heavy atom. The fourth-order valence-electron chi connectivity index (χ4n) is 1.05. The summed E-state index contributed by atoms with van der Waals surface area (Å²) in [6, 6.07) is 0. The van der Waals surface area contributed by atoms with Crippen LogP contribution in [0.2, 0.25) is 10.6 Å². The molecule has 0 bridgehead atoms. The molecule has 0 atom stereocenters. The van der Waals surface area contributed by atoms with Gasteiger partial charge in [-0.25, -0.2) is 0 Å². The zero-order chi connectivity index (χ0) is 5.11. The van der Waals surface area contributed by atoms with Crippen molar-refractivity contribution in [3.63, 3.8) is 0 Å². The van der Waals surface area contributed by atoms with Gasteiger partial charge in [-0.3, -0.25) is 0 Å². The third-order valence-electron chi connectivity index (χ3n) is 1.53. The topological polar surface area (TPSA) is 0 Å². The van der Waals surface area contributed by atoms with Gasteiger partial charge in [0.05, 0.1) is 0 Å². The van der Waals surface area contributed by atoms with Gasteiger partial charge in [-0.2, -0.15) is 0 Å². The Morgan fingerprint density at radius 1 is 1.12 bits per heavy atom. The summed E-state index contributed by atoms with van der Waals surface area (Å²) in [6.45, 7) is 0. The van der Waals surface area contributed by atoms with E-state index in [2.05, 4.69) is 0 Å². The predicted molar refractivity (Wildman–Crippen MR) is 31.4 cm³/mol. The minimum atomic E-state index is -1.59. The molecule has 3 heteroatoms. The molecule has 0 aromatic heterocycles. The average molecular weight is 124 g/mol. The number of halogens is 1. The second-order valence-electron chi connectivity index (χ2n) is 2.24. The van der Waals surface area contributed by atoms with Gasteiger partial charge in [0.15, 0.2) is 0 Å². The predicted octanol–water partition coefficient (Wildman–Crippen LogP) is -0.752. The Bertz CT molecular complexity index is 58.9.